The first-order valence-corrected chi connectivity index (χ1v) is 7.96. The summed E-state index contributed by atoms with van der Waals surface area (Å²) >= 11 is 12.4. The van der Waals surface area contributed by atoms with E-state index in [2.05, 4.69) is 4.57 Å². The summed E-state index contributed by atoms with van der Waals surface area (Å²) in [5, 5.41) is 2.15. The second kappa shape index (κ2) is 5.36. The number of amides is 1. The van der Waals surface area contributed by atoms with Crippen LogP contribution in [0.5, 0.6) is 0 Å². The summed E-state index contributed by atoms with van der Waals surface area (Å²) in [6.07, 6.45) is -0.284. The highest BCUT2D eigenvalue weighted by Gasteiger charge is 2.27. The molecule has 3 rings (SSSR count). The lowest BCUT2D eigenvalue weighted by Crippen LogP contribution is -2.41. The molecule has 1 aliphatic rings. The quantitative estimate of drug-likeness (QED) is 0.696. The molecule has 118 valence electrons. The Morgan fingerprint density at radius 1 is 1.23 bits per heavy atom. The Morgan fingerprint density at radius 3 is 2.64 bits per heavy atom. The molecular formula is C16H18Cl2N2O2. The van der Waals surface area contributed by atoms with Crippen molar-refractivity contribution in [2.75, 3.05) is 6.54 Å². The number of ether oxygens (including phenoxy) is 1. The van der Waals surface area contributed by atoms with Gasteiger partial charge in [0.1, 0.15) is 5.60 Å². The average Bonchev–Trinajstić information content (AvgIpc) is 2.79. The van der Waals surface area contributed by atoms with Crippen molar-refractivity contribution in [2.45, 2.75) is 39.5 Å². The maximum atomic E-state index is 12.2. The zero-order chi connectivity index (χ0) is 16.1. The fourth-order valence-corrected chi connectivity index (χ4v) is 3.14. The van der Waals surface area contributed by atoms with Crippen LogP contribution in [0.2, 0.25) is 10.0 Å². The Hall–Kier alpha value is -1.39. The minimum absolute atomic E-state index is 0.284. The van der Waals surface area contributed by atoms with Crippen molar-refractivity contribution in [3.05, 3.63) is 33.9 Å². The fourth-order valence-electron chi connectivity index (χ4n) is 2.71. The van der Waals surface area contributed by atoms with Crippen molar-refractivity contribution in [1.29, 1.82) is 0 Å². The molecule has 0 fully saturated rings. The molecule has 22 heavy (non-hydrogen) atoms. The molecule has 0 saturated heterocycles. The first-order valence-electron chi connectivity index (χ1n) is 7.20. The van der Waals surface area contributed by atoms with Crippen LogP contribution in [-0.2, 0) is 17.8 Å². The standard InChI is InChI=1S/C16H18Cl2N2O2/c1-16(2,3)22-15(21)19-6-7-20-11(9-19)8-10-4-5-12(17)13(18)14(10)20/h4-5,8H,6-7,9H2,1-3H3. The van der Waals surface area contributed by atoms with Gasteiger partial charge in [-0.05, 0) is 32.9 Å². The van der Waals surface area contributed by atoms with E-state index in [1.54, 1.807) is 11.0 Å². The number of halogens is 2. The van der Waals surface area contributed by atoms with Gasteiger partial charge >= 0.3 is 6.09 Å². The third kappa shape index (κ3) is 2.77. The molecule has 1 aliphatic heterocycles. The zero-order valence-electron chi connectivity index (χ0n) is 12.8. The normalized spacial score (nSPS) is 15.0. The summed E-state index contributed by atoms with van der Waals surface area (Å²) in [7, 11) is 0. The highest BCUT2D eigenvalue weighted by molar-refractivity contribution is 6.45. The van der Waals surface area contributed by atoms with Crippen LogP contribution in [0.4, 0.5) is 4.79 Å². The van der Waals surface area contributed by atoms with E-state index in [0.717, 1.165) is 16.6 Å². The van der Waals surface area contributed by atoms with Gasteiger partial charge in [0.25, 0.3) is 0 Å². The van der Waals surface area contributed by atoms with Gasteiger partial charge < -0.3 is 14.2 Å². The number of carbonyl (C=O) groups is 1. The molecule has 0 saturated carbocycles. The van der Waals surface area contributed by atoms with Gasteiger partial charge in [-0.2, -0.15) is 0 Å². The Labute approximate surface area is 139 Å². The molecular weight excluding hydrogens is 323 g/mol. The van der Waals surface area contributed by atoms with Crippen LogP contribution in [0.1, 0.15) is 26.5 Å². The number of hydrogen-bond donors (Lipinski definition) is 0. The van der Waals surface area contributed by atoms with Gasteiger partial charge in [-0.25, -0.2) is 4.79 Å². The molecule has 0 unspecified atom stereocenters. The van der Waals surface area contributed by atoms with E-state index in [-0.39, 0.29) is 6.09 Å². The Balaban J connectivity index is 1.91. The third-order valence-corrected chi connectivity index (χ3v) is 4.43. The monoisotopic (exact) mass is 340 g/mol. The summed E-state index contributed by atoms with van der Waals surface area (Å²) in [6, 6.07) is 5.80. The van der Waals surface area contributed by atoms with Gasteiger partial charge in [-0.3, -0.25) is 0 Å². The zero-order valence-corrected chi connectivity index (χ0v) is 14.3. The molecule has 0 aliphatic carbocycles. The second-order valence-electron chi connectivity index (χ2n) is 6.49. The fraction of sp³-hybridized carbons (Fsp3) is 0.438. The summed E-state index contributed by atoms with van der Waals surface area (Å²) in [5.74, 6) is 0. The number of carbonyl (C=O) groups excluding carboxylic acids is 1. The summed E-state index contributed by atoms with van der Waals surface area (Å²) < 4.78 is 7.57. The lowest BCUT2D eigenvalue weighted by Gasteiger charge is -2.31. The van der Waals surface area contributed by atoms with Crippen LogP contribution in [-0.4, -0.2) is 27.7 Å². The van der Waals surface area contributed by atoms with Crippen LogP contribution in [0, 0.1) is 0 Å². The van der Waals surface area contributed by atoms with E-state index in [1.165, 1.54) is 0 Å². The van der Waals surface area contributed by atoms with E-state index < -0.39 is 5.60 Å². The minimum atomic E-state index is -0.488. The number of rotatable bonds is 0. The van der Waals surface area contributed by atoms with Crippen molar-refractivity contribution in [3.8, 4) is 0 Å². The Kier molecular flexibility index (Phi) is 3.77. The molecule has 6 heteroatoms. The molecule has 1 aromatic carbocycles. The number of hydrogen-bond acceptors (Lipinski definition) is 2. The van der Waals surface area contributed by atoms with E-state index in [4.69, 9.17) is 27.9 Å². The van der Waals surface area contributed by atoms with E-state index >= 15 is 0 Å². The second-order valence-corrected chi connectivity index (χ2v) is 7.27. The lowest BCUT2D eigenvalue weighted by molar-refractivity contribution is 0.0200. The van der Waals surface area contributed by atoms with Crippen molar-refractivity contribution in [1.82, 2.24) is 9.47 Å². The van der Waals surface area contributed by atoms with Gasteiger partial charge in [-0.15, -0.1) is 0 Å². The molecule has 0 bridgehead atoms. The van der Waals surface area contributed by atoms with Gasteiger partial charge in [0.15, 0.2) is 0 Å². The summed E-state index contributed by atoms with van der Waals surface area (Å²) in [4.78, 5) is 13.9. The predicted octanol–water partition coefficient (Wildman–Crippen LogP) is 4.70. The predicted molar refractivity (Wildman–Crippen MR) is 88.6 cm³/mol. The molecule has 2 heterocycles. The van der Waals surface area contributed by atoms with E-state index in [9.17, 15) is 4.79 Å². The maximum Gasteiger partial charge on any atom is 0.410 e. The van der Waals surface area contributed by atoms with Crippen LogP contribution in [0.15, 0.2) is 18.2 Å². The number of aromatic nitrogens is 1. The maximum absolute atomic E-state index is 12.2. The van der Waals surface area contributed by atoms with Crippen molar-refractivity contribution in [2.24, 2.45) is 0 Å². The van der Waals surface area contributed by atoms with Gasteiger partial charge in [0.2, 0.25) is 0 Å². The van der Waals surface area contributed by atoms with Crippen LogP contribution < -0.4 is 0 Å². The van der Waals surface area contributed by atoms with Crippen LogP contribution in [0.3, 0.4) is 0 Å². The molecule has 1 amide bonds. The SMILES string of the molecule is CC(C)(C)OC(=O)N1CCn2c(cc3ccc(Cl)c(Cl)c32)C1. The number of fused-ring (bicyclic) bond motifs is 3. The smallest absolute Gasteiger partial charge is 0.410 e. The van der Waals surface area contributed by atoms with Crippen LogP contribution >= 0.6 is 23.2 Å². The molecule has 1 aromatic heterocycles. The molecule has 0 radical (unpaired) electrons. The minimum Gasteiger partial charge on any atom is -0.444 e. The first-order chi connectivity index (χ1) is 10.3. The first kappa shape index (κ1) is 15.5. The molecule has 4 nitrogen and oxygen atoms in total. The summed E-state index contributed by atoms with van der Waals surface area (Å²) in [5.41, 5.74) is 1.49. The molecule has 0 spiro atoms. The Bertz CT molecular complexity index is 747. The Morgan fingerprint density at radius 2 is 1.95 bits per heavy atom. The average molecular weight is 341 g/mol. The van der Waals surface area contributed by atoms with Crippen molar-refractivity contribution < 1.29 is 9.53 Å². The van der Waals surface area contributed by atoms with Gasteiger partial charge in [0.05, 0.1) is 22.1 Å². The third-order valence-electron chi connectivity index (χ3n) is 3.64. The topological polar surface area (TPSA) is 34.5 Å². The van der Waals surface area contributed by atoms with Crippen molar-refractivity contribution >= 4 is 40.2 Å². The highest BCUT2D eigenvalue weighted by Crippen LogP contribution is 2.34. The van der Waals surface area contributed by atoms with E-state index in [1.807, 2.05) is 32.9 Å². The van der Waals surface area contributed by atoms with E-state index in [0.29, 0.717) is 29.7 Å². The van der Waals surface area contributed by atoms with Gasteiger partial charge in [-0.1, -0.05) is 29.3 Å². The highest BCUT2D eigenvalue weighted by atomic mass is 35.5. The van der Waals surface area contributed by atoms with Gasteiger partial charge in [0, 0.05) is 24.2 Å². The van der Waals surface area contributed by atoms with Crippen LogP contribution in [0.25, 0.3) is 10.9 Å². The summed E-state index contributed by atoms with van der Waals surface area (Å²) in [6.45, 7) is 7.39. The lowest BCUT2D eigenvalue weighted by atomic mass is 10.2. The number of nitrogens with zero attached hydrogens (tertiary/aromatic N) is 2. The number of benzene rings is 1. The largest absolute Gasteiger partial charge is 0.444 e. The molecule has 0 atom stereocenters. The molecule has 2 aromatic rings. The molecule has 0 N–H and O–H groups in total. The van der Waals surface area contributed by atoms with Crippen molar-refractivity contribution in [3.63, 3.8) is 0 Å².